The Hall–Kier alpha value is -1.51. The Morgan fingerprint density at radius 1 is 1.39 bits per heavy atom. The van der Waals surface area contributed by atoms with Crippen LogP contribution >= 0.6 is 23.2 Å². The van der Waals surface area contributed by atoms with Crippen LogP contribution in [0.3, 0.4) is 0 Å². The van der Waals surface area contributed by atoms with E-state index in [2.05, 4.69) is 5.10 Å². The van der Waals surface area contributed by atoms with Crippen molar-refractivity contribution >= 4 is 34.8 Å². The highest BCUT2D eigenvalue weighted by Gasteiger charge is 2.63. The number of ether oxygens (including phenoxy) is 1. The molecule has 0 fully saturated rings. The van der Waals surface area contributed by atoms with E-state index in [-0.39, 0.29) is 27.9 Å². The fraction of sp³-hybridized carbons (Fsp3) is 0.556. The van der Waals surface area contributed by atoms with Crippen LogP contribution in [-0.2, 0) is 4.79 Å². The Morgan fingerprint density at radius 2 is 2.07 bits per heavy atom. The summed E-state index contributed by atoms with van der Waals surface area (Å²) in [6.45, 7) is 3.22. The number of alkyl halides is 3. The summed E-state index contributed by atoms with van der Waals surface area (Å²) < 4.78 is 46.0. The van der Waals surface area contributed by atoms with E-state index in [0.29, 0.717) is 11.4 Å². The van der Waals surface area contributed by atoms with Gasteiger partial charge in [0.05, 0.1) is 5.02 Å². The maximum atomic E-state index is 13.5. The predicted molar refractivity (Wildman–Crippen MR) is 101 cm³/mol. The number of benzene rings is 1. The van der Waals surface area contributed by atoms with Gasteiger partial charge in [-0.25, -0.2) is 0 Å². The first-order chi connectivity index (χ1) is 13.0. The third-order valence-electron chi connectivity index (χ3n) is 4.32. The van der Waals surface area contributed by atoms with Crippen LogP contribution in [0.4, 0.5) is 13.2 Å². The molecule has 2 rings (SSSR count). The molecule has 0 radical (unpaired) electrons. The van der Waals surface area contributed by atoms with Crippen molar-refractivity contribution in [3.05, 3.63) is 28.2 Å². The molecule has 1 N–H and O–H groups in total. The lowest BCUT2D eigenvalue weighted by molar-refractivity contribution is -0.303. The van der Waals surface area contributed by atoms with Crippen molar-refractivity contribution < 1.29 is 27.8 Å². The topological polar surface area (TPSA) is 62.1 Å². The van der Waals surface area contributed by atoms with Gasteiger partial charge in [-0.3, -0.25) is 4.79 Å². The van der Waals surface area contributed by atoms with Gasteiger partial charge in [-0.05, 0) is 38.0 Å². The highest BCUT2D eigenvalue weighted by molar-refractivity contribution is 6.35. The molecule has 10 heteroatoms. The standard InChI is InChI=1S/C18H21Cl2F3N2O3/c1-3-4-5-6-13-10-17(27,18(21,22)23)25(24-13)16(26)11(2)28-15-8-7-12(19)9-14(15)20/h7-9,11,27H,3-6,10H2,1-2H3/t11-,17+/m1/s1. The number of nitrogens with zero attached hydrogens (tertiary/aromatic N) is 2. The Balaban J connectivity index is 2.22. The summed E-state index contributed by atoms with van der Waals surface area (Å²) in [5, 5.41) is 14.6. The smallest absolute Gasteiger partial charge is 0.438 e. The summed E-state index contributed by atoms with van der Waals surface area (Å²) in [6, 6.07) is 4.24. The van der Waals surface area contributed by atoms with Crippen LogP contribution < -0.4 is 4.74 Å². The van der Waals surface area contributed by atoms with Crippen LogP contribution in [0.25, 0.3) is 0 Å². The fourth-order valence-electron chi connectivity index (χ4n) is 2.77. The van der Waals surface area contributed by atoms with Gasteiger partial charge in [0.25, 0.3) is 11.6 Å². The Kier molecular flexibility index (Phi) is 7.22. The van der Waals surface area contributed by atoms with Gasteiger partial charge in [0.15, 0.2) is 6.10 Å². The number of aliphatic hydroxyl groups is 1. The number of carbonyl (C=O) groups excluding carboxylic acids is 1. The number of carbonyl (C=O) groups is 1. The van der Waals surface area contributed by atoms with Gasteiger partial charge in [0, 0.05) is 17.2 Å². The molecule has 1 aliphatic rings. The van der Waals surface area contributed by atoms with E-state index in [9.17, 15) is 23.1 Å². The van der Waals surface area contributed by atoms with E-state index >= 15 is 0 Å². The summed E-state index contributed by atoms with van der Waals surface area (Å²) in [4.78, 5) is 12.6. The van der Waals surface area contributed by atoms with E-state index in [4.69, 9.17) is 27.9 Å². The summed E-state index contributed by atoms with van der Waals surface area (Å²) >= 11 is 11.8. The Labute approximate surface area is 171 Å². The molecule has 156 valence electrons. The van der Waals surface area contributed by atoms with Crippen molar-refractivity contribution in [3.8, 4) is 5.75 Å². The fourth-order valence-corrected chi connectivity index (χ4v) is 3.23. The molecule has 1 heterocycles. The molecule has 0 saturated carbocycles. The lowest BCUT2D eigenvalue weighted by atomic mass is 10.0. The molecule has 1 amide bonds. The van der Waals surface area contributed by atoms with Crippen molar-refractivity contribution in [2.75, 3.05) is 0 Å². The zero-order valence-electron chi connectivity index (χ0n) is 15.4. The number of unbranched alkanes of at least 4 members (excludes halogenated alkanes) is 2. The van der Waals surface area contributed by atoms with Crippen molar-refractivity contribution in [2.24, 2.45) is 5.10 Å². The van der Waals surface area contributed by atoms with Gasteiger partial charge < -0.3 is 9.84 Å². The maximum Gasteiger partial charge on any atom is 0.438 e. The number of hydrogen-bond acceptors (Lipinski definition) is 4. The first kappa shape index (κ1) is 22.8. The highest BCUT2D eigenvalue weighted by atomic mass is 35.5. The molecular weight excluding hydrogens is 420 g/mol. The molecule has 28 heavy (non-hydrogen) atoms. The Bertz CT molecular complexity index is 758. The lowest BCUT2D eigenvalue weighted by Gasteiger charge is -2.33. The summed E-state index contributed by atoms with van der Waals surface area (Å²) in [7, 11) is 0. The lowest BCUT2D eigenvalue weighted by Crippen LogP contribution is -2.58. The molecule has 0 aromatic heterocycles. The van der Waals surface area contributed by atoms with Crippen LogP contribution in [0.5, 0.6) is 5.75 Å². The van der Waals surface area contributed by atoms with Crippen LogP contribution in [0, 0.1) is 0 Å². The minimum absolute atomic E-state index is 0.0776. The van der Waals surface area contributed by atoms with Gasteiger partial charge in [-0.1, -0.05) is 43.0 Å². The average Bonchev–Trinajstić information content (AvgIpc) is 2.94. The molecule has 0 bridgehead atoms. The molecule has 1 aromatic carbocycles. The molecule has 0 saturated heterocycles. The zero-order valence-corrected chi connectivity index (χ0v) is 16.9. The normalized spacial score (nSPS) is 20.9. The molecule has 0 spiro atoms. The zero-order chi connectivity index (χ0) is 21.1. The van der Waals surface area contributed by atoms with Gasteiger partial charge in [0.1, 0.15) is 5.75 Å². The van der Waals surface area contributed by atoms with E-state index in [1.165, 1.54) is 25.1 Å². The van der Waals surface area contributed by atoms with E-state index < -0.39 is 30.3 Å². The number of rotatable bonds is 7. The van der Waals surface area contributed by atoms with Gasteiger partial charge in [-0.15, -0.1) is 0 Å². The second-order valence-corrected chi connectivity index (χ2v) is 7.44. The number of hydrogen-bond donors (Lipinski definition) is 1. The van der Waals surface area contributed by atoms with Gasteiger partial charge in [-0.2, -0.15) is 23.3 Å². The van der Waals surface area contributed by atoms with Crippen LogP contribution in [0.15, 0.2) is 23.3 Å². The molecular formula is C18H21Cl2F3N2O3. The Morgan fingerprint density at radius 3 is 2.64 bits per heavy atom. The third kappa shape index (κ3) is 4.90. The van der Waals surface area contributed by atoms with Crippen molar-refractivity contribution in [3.63, 3.8) is 0 Å². The monoisotopic (exact) mass is 440 g/mol. The molecule has 1 aromatic rings. The van der Waals surface area contributed by atoms with E-state index in [1.54, 1.807) is 0 Å². The molecule has 2 atom stereocenters. The van der Waals surface area contributed by atoms with E-state index in [1.807, 2.05) is 6.92 Å². The second-order valence-electron chi connectivity index (χ2n) is 6.60. The van der Waals surface area contributed by atoms with Crippen LogP contribution in [0.1, 0.15) is 46.0 Å². The van der Waals surface area contributed by atoms with Crippen LogP contribution in [0.2, 0.25) is 10.0 Å². The number of halogens is 5. The number of hydrazone groups is 1. The van der Waals surface area contributed by atoms with E-state index in [0.717, 1.165) is 12.8 Å². The first-order valence-corrected chi connectivity index (χ1v) is 9.56. The molecule has 1 aliphatic heterocycles. The van der Waals surface area contributed by atoms with Crippen molar-refractivity contribution in [1.29, 1.82) is 0 Å². The first-order valence-electron chi connectivity index (χ1n) is 8.81. The second kappa shape index (κ2) is 8.88. The van der Waals surface area contributed by atoms with Gasteiger partial charge in [0.2, 0.25) is 0 Å². The summed E-state index contributed by atoms with van der Waals surface area (Å²) in [6.07, 6.45) is -4.63. The SMILES string of the molecule is CCCCCC1=NN(C(=O)[C@@H](C)Oc2ccc(Cl)cc2Cl)[C@@](O)(C(F)(F)F)C1. The van der Waals surface area contributed by atoms with Crippen molar-refractivity contribution in [1.82, 2.24) is 5.01 Å². The largest absolute Gasteiger partial charge is 0.479 e. The third-order valence-corrected chi connectivity index (χ3v) is 4.85. The molecule has 0 unspecified atom stereocenters. The molecule has 5 nitrogen and oxygen atoms in total. The molecule has 0 aliphatic carbocycles. The quantitative estimate of drug-likeness (QED) is 0.594. The minimum atomic E-state index is -5.07. The minimum Gasteiger partial charge on any atom is -0.479 e. The number of amides is 1. The highest BCUT2D eigenvalue weighted by Crippen LogP contribution is 2.41. The average molecular weight is 441 g/mol. The van der Waals surface area contributed by atoms with Crippen molar-refractivity contribution in [2.45, 2.75) is 64.0 Å². The maximum absolute atomic E-state index is 13.5. The summed E-state index contributed by atoms with van der Waals surface area (Å²) in [5.41, 5.74) is -3.27. The summed E-state index contributed by atoms with van der Waals surface area (Å²) in [5.74, 6) is -1.05. The van der Waals surface area contributed by atoms with Gasteiger partial charge >= 0.3 is 6.18 Å². The predicted octanol–water partition coefficient (Wildman–Crippen LogP) is 5.18. The van der Waals surface area contributed by atoms with Crippen LogP contribution in [-0.4, -0.2) is 39.7 Å².